The van der Waals surface area contributed by atoms with Crippen LogP contribution >= 0.6 is 0 Å². The zero-order valence-corrected chi connectivity index (χ0v) is 19.0. The normalized spacial score (nSPS) is 15.7. The third-order valence-electron chi connectivity index (χ3n) is 5.37. The van der Waals surface area contributed by atoms with Crippen LogP contribution < -0.4 is 0 Å². The quantitative estimate of drug-likeness (QED) is 0.348. The van der Waals surface area contributed by atoms with E-state index in [4.69, 9.17) is 0 Å². The molecule has 1 aliphatic heterocycles. The van der Waals surface area contributed by atoms with Gasteiger partial charge in [0.25, 0.3) is 0 Å². The van der Waals surface area contributed by atoms with Crippen LogP contribution in [0.15, 0.2) is 25.0 Å². The Morgan fingerprint density at radius 1 is 0.938 bits per heavy atom. The molecule has 0 aromatic carbocycles. The summed E-state index contributed by atoms with van der Waals surface area (Å²) < 4.78 is 3.24. The van der Waals surface area contributed by atoms with Gasteiger partial charge in [-0.15, -0.1) is 0 Å². The second-order valence-corrected chi connectivity index (χ2v) is 8.96. The largest absolute Gasteiger partial charge is 0.381 e. The molecule has 0 amide bonds. The number of aldehydes is 1. The van der Waals surface area contributed by atoms with E-state index in [0.29, 0.717) is 6.29 Å². The van der Waals surface area contributed by atoms with Crippen LogP contribution in [-0.2, 0) is 15.9 Å². The summed E-state index contributed by atoms with van der Waals surface area (Å²) in [5.41, 5.74) is -0.988. The molecule has 3 rings (SSSR count). The van der Waals surface area contributed by atoms with Gasteiger partial charge in [0.2, 0.25) is 12.7 Å². The van der Waals surface area contributed by atoms with Crippen LogP contribution in [0.2, 0.25) is 0 Å². The summed E-state index contributed by atoms with van der Waals surface area (Å²) in [5.74, 6) is -0.346. The molecule has 0 bridgehead atoms. The Hall–Kier alpha value is -3.19. The first-order chi connectivity index (χ1) is 14.9. The molecule has 3 heterocycles. The number of hydrogen-bond donors (Lipinski definition) is 0. The van der Waals surface area contributed by atoms with Crippen LogP contribution in [0.1, 0.15) is 27.7 Å². The third kappa shape index (κ3) is 6.40. The summed E-state index contributed by atoms with van der Waals surface area (Å²) in [6.45, 7) is 12.5. The van der Waals surface area contributed by atoms with Crippen LogP contribution in [0.5, 0.6) is 0 Å². The van der Waals surface area contributed by atoms with E-state index in [-0.39, 0.29) is 17.2 Å². The van der Waals surface area contributed by atoms with Gasteiger partial charge in [0.05, 0.1) is 11.1 Å². The molecule has 0 radical (unpaired) electrons. The number of likely N-dealkylation sites (N-methyl/N-ethyl adjacent to an activating group) is 1. The first kappa shape index (κ1) is 25.1. The van der Waals surface area contributed by atoms with E-state index < -0.39 is 15.4 Å². The Labute approximate surface area is 185 Å². The van der Waals surface area contributed by atoms with E-state index in [1.54, 1.807) is 20.2 Å². The molecule has 0 saturated carbocycles. The number of carbonyl (C=O) groups is 1. The summed E-state index contributed by atoms with van der Waals surface area (Å²) in [5, 5.41) is 21.0. The Morgan fingerprint density at radius 2 is 1.41 bits per heavy atom. The van der Waals surface area contributed by atoms with Crippen molar-refractivity contribution in [3.63, 3.8) is 0 Å². The topological polar surface area (TPSA) is 145 Å². The average molecular weight is 451 g/mol. The maximum absolute atomic E-state index is 10.7. The fourth-order valence-electron chi connectivity index (χ4n) is 3.16. The molecule has 1 aliphatic rings. The van der Waals surface area contributed by atoms with Gasteiger partial charge in [-0.3, -0.25) is 9.47 Å². The van der Waals surface area contributed by atoms with Crippen molar-refractivity contribution in [2.24, 2.45) is 0 Å². The summed E-state index contributed by atoms with van der Waals surface area (Å²) in [6, 6.07) is 0. The molecule has 176 valence electrons. The fourth-order valence-corrected chi connectivity index (χ4v) is 3.16. The number of piperazine rings is 1. The zero-order valence-electron chi connectivity index (χ0n) is 19.0. The van der Waals surface area contributed by atoms with Gasteiger partial charge >= 0.3 is 11.6 Å². The Balaban J connectivity index is 0.000000244. The molecular weight excluding hydrogens is 420 g/mol. The van der Waals surface area contributed by atoms with Gasteiger partial charge in [0, 0.05) is 32.7 Å². The van der Waals surface area contributed by atoms with E-state index >= 15 is 0 Å². The van der Waals surface area contributed by atoms with E-state index in [2.05, 4.69) is 40.7 Å². The van der Waals surface area contributed by atoms with Gasteiger partial charge in [-0.2, -0.15) is 0 Å². The van der Waals surface area contributed by atoms with Crippen molar-refractivity contribution in [1.82, 2.24) is 28.9 Å². The van der Waals surface area contributed by atoms with E-state index in [1.807, 2.05) is 4.57 Å². The second-order valence-electron chi connectivity index (χ2n) is 8.96. The molecule has 0 spiro atoms. The Morgan fingerprint density at radius 3 is 1.84 bits per heavy atom. The molecule has 13 heteroatoms. The number of rotatable bonds is 7. The number of aromatic nitrogens is 4. The van der Waals surface area contributed by atoms with E-state index in [9.17, 15) is 25.0 Å². The first-order valence-electron chi connectivity index (χ1n) is 10.1. The Bertz CT molecular complexity index is 943. The van der Waals surface area contributed by atoms with Crippen molar-refractivity contribution in [1.29, 1.82) is 0 Å². The van der Waals surface area contributed by atoms with Crippen LogP contribution in [0, 0.1) is 20.2 Å². The van der Waals surface area contributed by atoms with Gasteiger partial charge in [-0.25, -0.2) is 0 Å². The summed E-state index contributed by atoms with van der Waals surface area (Å²) >= 11 is 0. The Kier molecular flexibility index (Phi) is 7.80. The summed E-state index contributed by atoms with van der Waals surface area (Å²) in [4.78, 5) is 42.5. The molecule has 1 fully saturated rings. The molecule has 0 unspecified atom stereocenters. The molecule has 2 aromatic rings. The highest BCUT2D eigenvalue weighted by Crippen LogP contribution is 2.20. The minimum atomic E-state index is -0.790. The van der Waals surface area contributed by atoms with Crippen molar-refractivity contribution in [3.8, 4) is 0 Å². The van der Waals surface area contributed by atoms with Crippen LogP contribution in [0.25, 0.3) is 0 Å². The van der Waals surface area contributed by atoms with Gasteiger partial charge in [-0.05, 0) is 54.6 Å². The summed E-state index contributed by atoms with van der Waals surface area (Å²) in [7, 11) is 2.13. The predicted octanol–water partition coefficient (Wildman–Crippen LogP) is 1.50. The van der Waals surface area contributed by atoms with Crippen molar-refractivity contribution < 1.29 is 14.6 Å². The minimum Gasteiger partial charge on any atom is -0.358 e. The van der Waals surface area contributed by atoms with Crippen LogP contribution in [-0.4, -0.2) is 84.8 Å². The van der Waals surface area contributed by atoms with Gasteiger partial charge < -0.3 is 34.5 Å². The second kappa shape index (κ2) is 9.96. The monoisotopic (exact) mass is 450 g/mol. The van der Waals surface area contributed by atoms with E-state index in [1.165, 1.54) is 23.3 Å². The molecule has 13 nitrogen and oxygen atoms in total. The number of carbonyl (C=O) groups excluding carboxylic acids is 1. The molecule has 0 atom stereocenters. The standard InChI is InChI=1S/C12H21N5O2.C7H9N3O3/c1-12(2,9-15-6-4-14(3)5-7-15)16-8-11(13-10-16)17(18)19;1-7(2,4-11)9-3-6(8-5-9)10(12)13/h8,10H,4-7,9H2,1-3H3;3-5H,1-2H3. The van der Waals surface area contributed by atoms with Crippen molar-refractivity contribution in [3.05, 3.63) is 45.3 Å². The van der Waals surface area contributed by atoms with E-state index in [0.717, 1.165) is 32.7 Å². The van der Waals surface area contributed by atoms with Gasteiger partial charge in [-0.1, -0.05) is 0 Å². The maximum atomic E-state index is 10.7. The minimum absolute atomic E-state index is 0.0912. The lowest BCUT2D eigenvalue weighted by molar-refractivity contribution is -0.389. The molecule has 0 N–H and O–H groups in total. The van der Waals surface area contributed by atoms with Crippen molar-refractivity contribution in [2.75, 3.05) is 39.8 Å². The lowest BCUT2D eigenvalue weighted by Gasteiger charge is -2.37. The van der Waals surface area contributed by atoms with Crippen LogP contribution in [0.3, 0.4) is 0 Å². The SMILES string of the molecule is CC(C)(C=O)n1cnc([N+](=O)[O-])c1.CN1CCN(CC(C)(C)n2cnc([N+](=O)[O-])c2)CC1. The lowest BCUT2D eigenvalue weighted by atomic mass is 10.0. The fraction of sp³-hybridized carbons (Fsp3) is 0.632. The maximum Gasteiger partial charge on any atom is 0.381 e. The smallest absolute Gasteiger partial charge is 0.358 e. The number of imidazole rings is 2. The molecule has 2 aromatic heterocycles. The molecule has 0 aliphatic carbocycles. The average Bonchev–Trinajstić information content (AvgIpc) is 3.41. The molecule has 32 heavy (non-hydrogen) atoms. The van der Waals surface area contributed by atoms with Crippen molar-refractivity contribution >= 4 is 17.9 Å². The highest BCUT2D eigenvalue weighted by Gasteiger charge is 2.28. The lowest BCUT2D eigenvalue weighted by Crippen LogP contribution is -2.49. The highest BCUT2D eigenvalue weighted by atomic mass is 16.6. The highest BCUT2D eigenvalue weighted by molar-refractivity contribution is 5.60. The van der Waals surface area contributed by atoms with Gasteiger partial charge in [0.15, 0.2) is 0 Å². The number of hydrogen-bond acceptors (Lipinski definition) is 9. The predicted molar refractivity (Wildman–Crippen MR) is 116 cm³/mol. The zero-order chi connectivity index (χ0) is 24.1. The summed E-state index contributed by atoms with van der Waals surface area (Å²) in [6.07, 6.45) is 6.27. The first-order valence-corrected chi connectivity index (χ1v) is 10.1. The van der Waals surface area contributed by atoms with Crippen LogP contribution in [0.4, 0.5) is 11.6 Å². The number of nitro groups is 2. The number of nitrogens with zero attached hydrogens (tertiary/aromatic N) is 8. The molecular formula is C19H30N8O5. The van der Waals surface area contributed by atoms with Gasteiger partial charge in [0.1, 0.15) is 18.7 Å². The molecule has 1 saturated heterocycles. The van der Waals surface area contributed by atoms with Crippen molar-refractivity contribution in [2.45, 2.75) is 38.8 Å². The third-order valence-corrected chi connectivity index (χ3v) is 5.37.